The number of rotatable bonds is 6. The van der Waals surface area contributed by atoms with Crippen LogP contribution >= 0.6 is 0 Å². The van der Waals surface area contributed by atoms with Gasteiger partial charge in [0.15, 0.2) is 6.29 Å². The summed E-state index contributed by atoms with van der Waals surface area (Å²) in [6.07, 6.45) is 3.46. The Morgan fingerprint density at radius 1 is 1.18 bits per heavy atom. The summed E-state index contributed by atoms with van der Waals surface area (Å²) < 4.78 is 32.5. The maximum Gasteiger partial charge on any atom is 0.495 e. The lowest BCUT2D eigenvalue weighted by molar-refractivity contribution is -0.0896. The second-order valence-corrected chi connectivity index (χ2v) is 10.5. The highest BCUT2D eigenvalue weighted by molar-refractivity contribution is 6.62. The first-order valence-electron chi connectivity index (χ1n) is 11.7. The largest absolute Gasteiger partial charge is 0.495 e. The SMILES string of the molecule is COC(O)C1C[C@@H]1c1ccc(N[C@@H]2CCc3c(B4OC(C)(C)C(C)(C)O4)ccc(F)c32)cn1. The number of nitrogens with zero attached hydrogens (tertiary/aromatic N) is 1. The van der Waals surface area contributed by atoms with Crippen LogP contribution in [0.15, 0.2) is 30.5 Å². The molecule has 1 saturated carbocycles. The highest BCUT2D eigenvalue weighted by Gasteiger charge is 2.52. The van der Waals surface area contributed by atoms with Gasteiger partial charge in [0.25, 0.3) is 0 Å². The Labute approximate surface area is 195 Å². The average molecular weight is 454 g/mol. The molecule has 2 N–H and O–H groups in total. The Morgan fingerprint density at radius 3 is 2.55 bits per heavy atom. The fourth-order valence-corrected chi connectivity index (χ4v) is 5.03. The molecular formula is C25H32BFN2O4. The van der Waals surface area contributed by atoms with E-state index < -0.39 is 24.6 Å². The number of anilines is 1. The topological polar surface area (TPSA) is 72.8 Å². The number of aliphatic hydroxyl groups is 1. The normalized spacial score (nSPS) is 28.0. The standard InChI is InChI=1S/C25H32BFN2O4/c1-24(2)25(3,4)33-26(32-24)18-8-9-19(27)22-15(18)7-11-21(22)29-14-6-10-20(28-13-14)16-12-17(16)23(30)31-5/h6,8-10,13,16-17,21,23,29-30H,7,11-12H2,1-5H3/t16-,17?,21+,23?/m0/s1. The number of aliphatic hydroxyl groups excluding tert-OH is 1. The zero-order valence-corrected chi connectivity index (χ0v) is 19.9. The van der Waals surface area contributed by atoms with Gasteiger partial charge in [-0.25, -0.2) is 4.39 Å². The molecule has 176 valence electrons. The van der Waals surface area contributed by atoms with Crippen LogP contribution in [0.25, 0.3) is 0 Å². The molecule has 33 heavy (non-hydrogen) atoms. The molecule has 0 bridgehead atoms. The van der Waals surface area contributed by atoms with Crippen molar-refractivity contribution in [2.45, 2.75) is 76.4 Å². The van der Waals surface area contributed by atoms with Crippen molar-refractivity contribution in [2.24, 2.45) is 5.92 Å². The summed E-state index contributed by atoms with van der Waals surface area (Å²) in [5.74, 6) is 0.117. The minimum Gasteiger partial charge on any atom is -0.399 e. The van der Waals surface area contributed by atoms with Crippen molar-refractivity contribution in [1.82, 2.24) is 4.98 Å². The van der Waals surface area contributed by atoms with Crippen molar-refractivity contribution < 1.29 is 23.5 Å². The highest BCUT2D eigenvalue weighted by atomic mass is 19.1. The van der Waals surface area contributed by atoms with Crippen LogP contribution in [0.5, 0.6) is 0 Å². The fraction of sp³-hybridized carbons (Fsp3) is 0.560. The molecule has 0 spiro atoms. The van der Waals surface area contributed by atoms with Gasteiger partial charge in [-0.15, -0.1) is 0 Å². The number of nitrogens with one attached hydrogen (secondary N) is 1. The molecule has 8 heteroatoms. The van der Waals surface area contributed by atoms with E-state index in [1.165, 1.54) is 13.2 Å². The highest BCUT2D eigenvalue weighted by Crippen LogP contribution is 2.49. The average Bonchev–Trinajstić information content (AvgIpc) is 3.40. The number of halogens is 1. The molecule has 2 aromatic rings. The number of hydrogen-bond donors (Lipinski definition) is 2. The van der Waals surface area contributed by atoms with E-state index >= 15 is 0 Å². The molecule has 0 amide bonds. The molecule has 2 aliphatic carbocycles. The van der Waals surface area contributed by atoms with E-state index in [9.17, 15) is 9.50 Å². The predicted molar refractivity (Wildman–Crippen MR) is 125 cm³/mol. The number of hydrogen-bond acceptors (Lipinski definition) is 6. The summed E-state index contributed by atoms with van der Waals surface area (Å²) in [5, 5.41) is 13.3. The van der Waals surface area contributed by atoms with E-state index in [0.29, 0.717) is 5.56 Å². The first-order valence-corrected chi connectivity index (χ1v) is 11.7. The third-order valence-corrected chi connectivity index (χ3v) is 7.83. The van der Waals surface area contributed by atoms with Gasteiger partial charge in [0, 0.05) is 30.2 Å². The Balaban J connectivity index is 1.33. The van der Waals surface area contributed by atoms with Crippen molar-refractivity contribution in [3.05, 3.63) is 53.1 Å². The van der Waals surface area contributed by atoms with Crippen LogP contribution in [-0.4, -0.2) is 41.8 Å². The molecule has 4 atom stereocenters. The van der Waals surface area contributed by atoms with Gasteiger partial charge >= 0.3 is 7.12 Å². The van der Waals surface area contributed by atoms with E-state index in [1.807, 2.05) is 39.8 Å². The molecule has 1 saturated heterocycles. The minimum absolute atomic E-state index is 0.102. The molecule has 2 heterocycles. The molecule has 2 unspecified atom stereocenters. The van der Waals surface area contributed by atoms with Gasteiger partial charge in [-0.05, 0) is 76.2 Å². The van der Waals surface area contributed by atoms with Crippen molar-refractivity contribution >= 4 is 18.3 Å². The van der Waals surface area contributed by atoms with E-state index in [4.69, 9.17) is 14.0 Å². The van der Waals surface area contributed by atoms with Crippen molar-refractivity contribution in [3.63, 3.8) is 0 Å². The molecular weight excluding hydrogens is 422 g/mol. The smallest absolute Gasteiger partial charge is 0.399 e. The summed E-state index contributed by atoms with van der Waals surface area (Å²) in [4.78, 5) is 4.58. The van der Waals surface area contributed by atoms with Crippen molar-refractivity contribution in [2.75, 3.05) is 12.4 Å². The van der Waals surface area contributed by atoms with Gasteiger partial charge in [0.2, 0.25) is 0 Å². The quantitative estimate of drug-likeness (QED) is 0.513. The second kappa shape index (κ2) is 8.05. The number of benzene rings is 1. The Hall–Kier alpha value is -2.00. The summed E-state index contributed by atoms with van der Waals surface area (Å²) >= 11 is 0. The van der Waals surface area contributed by atoms with Crippen LogP contribution < -0.4 is 10.8 Å². The van der Waals surface area contributed by atoms with Crippen LogP contribution in [0.3, 0.4) is 0 Å². The second-order valence-electron chi connectivity index (χ2n) is 10.5. The van der Waals surface area contributed by atoms with Crippen molar-refractivity contribution in [1.29, 1.82) is 0 Å². The van der Waals surface area contributed by atoms with E-state index in [-0.39, 0.29) is 23.7 Å². The minimum atomic E-state index is -0.745. The van der Waals surface area contributed by atoms with E-state index in [1.54, 1.807) is 12.3 Å². The Kier molecular flexibility index (Phi) is 5.56. The molecule has 5 rings (SSSR count). The van der Waals surface area contributed by atoms with E-state index in [2.05, 4.69) is 10.3 Å². The number of methoxy groups -OCH3 is 1. The Morgan fingerprint density at radius 2 is 1.91 bits per heavy atom. The summed E-state index contributed by atoms with van der Waals surface area (Å²) in [5.41, 5.74) is 3.50. The van der Waals surface area contributed by atoms with Gasteiger partial charge in [0.05, 0.1) is 29.1 Å². The lowest BCUT2D eigenvalue weighted by Crippen LogP contribution is -2.41. The number of ether oxygens (including phenoxy) is 1. The fourth-order valence-electron chi connectivity index (χ4n) is 5.03. The summed E-state index contributed by atoms with van der Waals surface area (Å²) in [6, 6.07) is 7.14. The van der Waals surface area contributed by atoms with Crippen LogP contribution in [0, 0.1) is 11.7 Å². The zero-order chi connectivity index (χ0) is 23.5. The summed E-state index contributed by atoms with van der Waals surface area (Å²) in [7, 11) is 1.01. The summed E-state index contributed by atoms with van der Waals surface area (Å²) in [6.45, 7) is 8.10. The van der Waals surface area contributed by atoms with Crippen LogP contribution in [0.2, 0.25) is 0 Å². The molecule has 1 aliphatic heterocycles. The van der Waals surface area contributed by atoms with Gasteiger partial charge in [-0.3, -0.25) is 4.98 Å². The van der Waals surface area contributed by atoms with Gasteiger partial charge < -0.3 is 24.5 Å². The first kappa shape index (κ1) is 22.8. The van der Waals surface area contributed by atoms with Gasteiger partial charge in [0.1, 0.15) is 5.82 Å². The lowest BCUT2D eigenvalue weighted by Gasteiger charge is -2.32. The Bertz CT molecular complexity index is 1030. The third-order valence-electron chi connectivity index (χ3n) is 7.83. The molecule has 6 nitrogen and oxygen atoms in total. The van der Waals surface area contributed by atoms with Crippen LogP contribution in [0.4, 0.5) is 10.1 Å². The molecule has 1 aromatic carbocycles. The number of pyridine rings is 1. The monoisotopic (exact) mass is 454 g/mol. The van der Waals surface area contributed by atoms with Crippen molar-refractivity contribution in [3.8, 4) is 0 Å². The number of fused-ring (bicyclic) bond motifs is 1. The van der Waals surface area contributed by atoms with Crippen LogP contribution in [-0.2, 0) is 20.5 Å². The van der Waals surface area contributed by atoms with Crippen LogP contribution in [0.1, 0.15) is 69.3 Å². The maximum atomic E-state index is 15.0. The molecule has 0 radical (unpaired) electrons. The molecule has 1 aromatic heterocycles. The molecule has 3 aliphatic rings. The molecule has 2 fully saturated rings. The van der Waals surface area contributed by atoms with Gasteiger partial charge in [-0.2, -0.15) is 0 Å². The predicted octanol–water partition coefficient (Wildman–Crippen LogP) is 3.69. The van der Waals surface area contributed by atoms with Gasteiger partial charge in [-0.1, -0.05) is 6.07 Å². The lowest BCUT2D eigenvalue weighted by atomic mass is 9.75. The number of aromatic nitrogens is 1. The maximum absolute atomic E-state index is 15.0. The van der Waals surface area contributed by atoms with E-state index in [0.717, 1.165) is 41.7 Å². The third kappa shape index (κ3) is 3.97. The first-order chi connectivity index (χ1) is 15.6. The zero-order valence-electron chi connectivity index (χ0n) is 19.9.